The third-order valence-electron chi connectivity index (χ3n) is 14.6. The van der Waals surface area contributed by atoms with Gasteiger partial charge in [0.1, 0.15) is 31.5 Å². The molecule has 18 nitrogen and oxygen atoms in total. The highest BCUT2D eigenvalue weighted by molar-refractivity contribution is 5.93. The SMILES string of the molecule is C=CCCCCCCCCOC1OC(COC(=O)c2ccccc2)C(OC2OC(COC(=O)c3ccccc3)C(OC(=O)c3ccccc3)C(OC(=O)c3ccccc3)C2OC(=O)c2ccccc2)C(OC(=O)c2ccccc2)C1OC(=O)c1ccccc1. The molecule has 7 aromatic rings. The second kappa shape index (κ2) is 33.0. The van der Waals surface area contributed by atoms with Gasteiger partial charge in [0.05, 0.1) is 38.9 Å². The summed E-state index contributed by atoms with van der Waals surface area (Å²) in [6.45, 7) is 2.48. The predicted molar refractivity (Wildman–Crippen MR) is 322 cm³/mol. The van der Waals surface area contributed by atoms with E-state index in [2.05, 4.69) is 6.58 Å². The lowest BCUT2D eigenvalue weighted by Crippen LogP contribution is -2.67. The van der Waals surface area contributed by atoms with Crippen molar-refractivity contribution >= 4 is 41.8 Å². The molecule has 0 N–H and O–H groups in total. The van der Waals surface area contributed by atoms with Crippen LogP contribution in [0.5, 0.6) is 0 Å². The number of ether oxygens (including phenoxy) is 11. The number of unbranched alkanes of at least 4 members (excludes halogenated alkanes) is 6. The van der Waals surface area contributed by atoms with Crippen molar-refractivity contribution in [1.29, 1.82) is 0 Å². The summed E-state index contributed by atoms with van der Waals surface area (Å²) in [5.41, 5.74) is 0.549. The van der Waals surface area contributed by atoms with Gasteiger partial charge in [-0.05, 0) is 104 Å². The average molecular weight is 1210 g/mol. The first-order chi connectivity index (χ1) is 43.5. The number of benzene rings is 7. The van der Waals surface area contributed by atoms with E-state index in [1.165, 1.54) is 84.9 Å². The van der Waals surface area contributed by atoms with Gasteiger partial charge in [-0.3, -0.25) is 0 Å². The lowest BCUT2D eigenvalue weighted by Gasteiger charge is -2.48. The van der Waals surface area contributed by atoms with Crippen LogP contribution < -0.4 is 0 Å². The minimum absolute atomic E-state index is 0.0121. The smallest absolute Gasteiger partial charge is 0.338 e. The summed E-state index contributed by atoms with van der Waals surface area (Å²) >= 11 is 0. The van der Waals surface area contributed by atoms with E-state index in [0.717, 1.165) is 38.5 Å². The molecule has 9 rings (SSSR count). The number of allylic oxidation sites excluding steroid dienone is 1. The summed E-state index contributed by atoms with van der Waals surface area (Å²) in [6.07, 6.45) is -9.81. The third kappa shape index (κ3) is 18.0. The zero-order valence-electron chi connectivity index (χ0n) is 48.7. The maximum Gasteiger partial charge on any atom is 0.338 e. The summed E-state index contributed by atoms with van der Waals surface area (Å²) in [4.78, 5) is 101. The molecule has 0 spiro atoms. The van der Waals surface area contributed by atoms with Gasteiger partial charge in [0, 0.05) is 6.61 Å². The van der Waals surface area contributed by atoms with Gasteiger partial charge < -0.3 is 52.1 Å². The van der Waals surface area contributed by atoms with Crippen LogP contribution in [-0.2, 0) is 52.1 Å². The number of carbonyl (C=O) groups is 7. The van der Waals surface area contributed by atoms with Gasteiger partial charge in [-0.15, -0.1) is 6.58 Å². The van der Waals surface area contributed by atoms with E-state index in [0.29, 0.717) is 6.42 Å². The lowest BCUT2D eigenvalue weighted by molar-refractivity contribution is -0.356. The second-order valence-electron chi connectivity index (χ2n) is 20.9. The molecular formula is C71H68O18. The Bertz CT molecular complexity index is 3390. The average Bonchev–Trinajstić information content (AvgIpc) is 1.14. The highest BCUT2D eigenvalue weighted by Crippen LogP contribution is 2.37. The molecule has 0 saturated carbocycles. The summed E-state index contributed by atoms with van der Waals surface area (Å²) in [5.74, 6) is -6.39. The zero-order valence-corrected chi connectivity index (χ0v) is 48.7. The van der Waals surface area contributed by atoms with Crippen LogP contribution in [0.25, 0.3) is 0 Å². The molecule has 7 aromatic carbocycles. The number of carbonyl (C=O) groups excluding carboxylic acids is 7. The fourth-order valence-electron chi connectivity index (χ4n) is 10.0. The molecule has 0 aromatic heterocycles. The Balaban J connectivity index is 1.18. The molecule has 18 heteroatoms. The summed E-state index contributed by atoms with van der Waals surface area (Å²) in [7, 11) is 0. The Kier molecular flexibility index (Phi) is 23.7. The minimum atomic E-state index is -2.04. The van der Waals surface area contributed by atoms with Gasteiger partial charge in [0.15, 0.2) is 43.1 Å². The lowest BCUT2D eigenvalue weighted by atomic mass is 9.95. The Morgan fingerprint density at radius 3 is 0.978 bits per heavy atom. The molecule has 89 heavy (non-hydrogen) atoms. The number of rotatable bonds is 28. The standard InChI is InChI=1S/C71H68O18/c1-2-3-4-5-6-7-8-30-45-79-70-61(87-68(77)53-41-26-14-27-42-53)60(86-67(76)52-39-24-13-25-40-52)58(56(82-70)47-81-64(73)49-33-18-10-19-34-49)89-71-62(88-69(78)54-43-28-15-29-44-54)59(85-66(75)51-37-22-12-23-38-51)57(84-65(74)50-35-20-11-21-36-50)55(83-71)46-80-63(72)48-31-16-9-17-32-48/h2,9-29,31-44,55-62,70-71H,1,3-8,30,45-47H2. The molecule has 2 saturated heterocycles. The van der Waals surface area contributed by atoms with Crippen molar-refractivity contribution in [2.45, 2.75) is 106 Å². The van der Waals surface area contributed by atoms with Crippen molar-refractivity contribution in [2.75, 3.05) is 19.8 Å². The molecule has 10 atom stereocenters. The maximum absolute atomic E-state index is 14.8. The van der Waals surface area contributed by atoms with Crippen molar-refractivity contribution in [3.05, 3.63) is 264 Å². The van der Waals surface area contributed by atoms with Crippen LogP contribution >= 0.6 is 0 Å². The molecule has 0 radical (unpaired) electrons. The van der Waals surface area contributed by atoms with Crippen molar-refractivity contribution in [2.24, 2.45) is 0 Å². The van der Waals surface area contributed by atoms with Crippen molar-refractivity contribution < 1.29 is 85.7 Å². The molecule has 0 aliphatic carbocycles. The molecule has 10 unspecified atom stereocenters. The third-order valence-corrected chi connectivity index (χ3v) is 14.6. The second-order valence-corrected chi connectivity index (χ2v) is 20.9. The quantitative estimate of drug-likeness (QED) is 0.0192. The van der Waals surface area contributed by atoms with Crippen LogP contribution in [-0.4, -0.2) is 123 Å². The molecule has 0 bridgehead atoms. The first kappa shape index (κ1) is 63.9. The number of esters is 7. The first-order valence-electron chi connectivity index (χ1n) is 29.5. The van der Waals surface area contributed by atoms with Crippen LogP contribution in [0.15, 0.2) is 225 Å². The van der Waals surface area contributed by atoms with Gasteiger partial charge in [-0.1, -0.05) is 159 Å². The molecule has 2 fully saturated rings. The van der Waals surface area contributed by atoms with Crippen LogP contribution in [0.3, 0.4) is 0 Å². The number of hydrogen-bond donors (Lipinski definition) is 0. The molecule has 2 aliphatic heterocycles. The van der Waals surface area contributed by atoms with Crippen molar-refractivity contribution in [1.82, 2.24) is 0 Å². The molecule has 2 heterocycles. The zero-order chi connectivity index (χ0) is 62.2. The molecule has 2 aliphatic rings. The van der Waals surface area contributed by atoms with Gasteiger partial charge in [0.2, 0.25) is 0 Å². The van der Waals surface area contributed by atoms with E-state index in [-0.39, 0.29) is 45.6 Å². The Morgan fingerprint density at radius 2 is 0.607 bits per heavy atom. The normalized spacial score (nSPS) is 21.2. The maximum atomic E-state index is 14.8. The van der Waals surface area contributed by atoms with Gasteiger partial charge in [-0.25, -0.2) is 33.6 Å². The summed E-state index contributed by atoms with van der Waals surface area (Å²) in [6, 6.07) is 55.4. The van der Waals surface area contributed by atoms with Crippen molar-refractivity contribution in [3.63, 3.8) is 0 Å². The Hall–Kier alpha value is -9.59. The monoisotopic (exact) mass is 1210 g/mol. The van der Waals surface area contributed by atoms with Crippen LogP contribution in [0, 0.1) is 0 Å². The highest BCUT2D eigenvalue weighted by atomic mass is 16.8. The molecule has 460 valence electrons. The Labute approximate surface area is 515 Å². The van der Waals surface area contributed by atoms with Gasteiger partial charge >= 0.3 is 41.8 Å². The Morgan fingerprint density at radius 1 is 0.326 bits per heavy atom. The van der Waals surface area contributed by atoms with E-state index >= 15 is 0 Å². The highest BCUT2D eigenvalue weighted by Gasteiger charge is 2.58. The van der Waals surface area contributed by atoms with E-state index in [4.69, 9.17) is 52.1 Å². The predicted octanol–water partition coefficient (Wildman–Crippen LogP) is 11.6. The fraction of sp³-hybridized carbons (Fsp3) is 0.282. The largest absolute Gasteiger partial charge is 0.459 e. The van der Waals surface area contributed by atoms with E-state index in [1.54, 1.807) is 127 Å². The summed E-state index contributed by atoms with van der Waals surface area (Å²) in [5, 5.41) is 0. The summed E-state index contributed by atoms with van der Waals surface area (Å²) < 4.78 is 71.1. The number of hydrogen-bond acceptors (Lipinski definition) is 18. The van der Waals surface area contributed by atoms with Gasteiger partial charge in [-0.2, -0.15) is 0 Å². The van der Waals surface area contributed by atoms with Crippen molar-refractivity contribution in [3.8, 4) is 0 Å². The van der Waals surface area contributed by atoms with Crippen LogP contribution in [0.4, 0.5) is 0 Å². The van der Waals surface area contributed by atoms with E-state index in [9.17, 15) is 33.6 Å². The first-order valence-corrected chi connectivity index (χ1v) is 29.5. The van der Waals surface area contributed by atoms with Gasteiger partial charge in [0.25, 0.3) is 0 Å². The topological polar surface area (TPSA) is 221 Å². The van der Waals surface area contributed by atoms with E-state index in [1.807, 2.05) is 6.08 Å². The van der Waals surface area contributed by atoms with Crippen LogP contribution in [0.2, 0.25) is 0 Å². The molecular weight excluding hydrogens is 1140 g/mol. The fourth-order valence-corrected chi connectivity index (χ4v) is 10.0. The van der Waals surface area contributed by atoms with Crippen LogP contribution in [0.1, 0.15) is 117 Å². The molecule has 0 amide bonds. The minimum Gasteiger partial charge on any atom is -0.459 e. The van der Waals surface area contributed by atoms with E-state index < -0.39 is 116 Å².